The van der Waals surface area contributed by atoms with E-state index < -0.39 is 17.4 Å². The van der Waals surface area contributed by atoms with Crippen molar-refractivity contribution in [1.29, 1.82) is 0 Å². The van der Waals surface area contributed by atoms with Crippen LogP contribution in [0.4, 0.5) is 8.78 Å². The topological polar surface area (TPSA) is 68.0 Å². The lowest BCUT2D eigenvalue weighted by Gasteiger charge is -2.55. The Hall–Kier alpha value is -1.89. The number of carbonyl (C=O) groups is 1. The zero-order valence-electron chi connectivity index (χ0n) is 19.7. The molecule has 0 saturated heterocycles. The van der Waals surface area contributed by atoms with Gasteiger partial charge in [0.25, 0.3) is 5.92 Å². The number of halogens is 2. The molecule has 0 radical (unpaired) electrons. The van der Waals surface area contributed by atoms with Crippen LogP contribution in [-0.2, 0) is 11.3 Å². The number of hydrogen-bond donors (Lipinski definition) is 1. The third kappa shape index (κ3) is 2.60. The first-order chi connectivity index (χ1) is 16.3. The van der Waals surface area contributed by atoms with Crippen LogP contribution in [0.1, 0.15) is 58.3 Å². The molecule has 0 bridgehead atoms. The van der Waals surface area contributed by atoms with Gasteiger partial charge in [-0.1, -0.05) is 6.92 Å². The highest BCUT2D eigenvalue weighted by molar-refractivity contribution is 5.84. The number of carbonyl (C=O) groups excluding carboxylic acids is 1. The molecule has 5 nitrogen and oxygen atoms in total. The lowest BCUT2D eigenvalue weighted by molar-refractivity contribution is -0.131. The van der Waals surface area contributed by atoms with Crippen LogP contribution in [0.3, 0.4) is 0 Å². The van der Waals surface area contributed by atoms with Gasteiger partial charge in [0.15, 0.2) is 5.78 Å². The van der Waals surface area contributed by atoms with Crippen LogP contribution in [0, 0.1) is 46.8 Å². The molecule has 5 aliphatic rings. The summed E-state index contributed by atoms with van der Waals surface area (Å²) in [5, 5.41) is 14.9. The Bertz CT molecular complexity index is 1170. The molecule has 9 atom stereocenters. The molecule has 182 valence electrons. The zero-order chi connectivity index (χ0) is 23.5. The van der Waals surface area contributed by atoms with Crippen molar-refractivity contribution in [3.63, 3.8) is 0 Å². The molecule has 2 aromatic rings. The summed E-state index contributed by atoms with van der Waals surface area (Å²) in [7, 11) is 0. The predicted molar refractivity (Wildman–Crippen MR) is 122 cm³/mol. The fourth-order valence-electron chi connectivity index (χ4n) is 9.65. The molecule has 5 fully saturated rings. The van der Waals surface area contributed by atoms with Gasteiger partial charge in [0.2, 0.25) is 0 Å². The summed E-state index contributed by atoms with van der Waals surface area (Å²) < 4.78 is 30.7. The molecular formula is C27H33F2N3O2. The van der Waals surface area contributed by atoms with Crippen molar-refractivity contribution in [2.45, 2.75) is 76.4 Å². The Morgan fingerprint density at radius 3 is 2.71 bits per heavy atom. The van der Waals surface area contributed by atoms with Crippen molar-refractivity contribution >= 4 is 16.8 Å². The molecule has 0 aromatic carbocycles. The minimum Gasteiger partial charge on any atom is -0.383 e. The van der Waals surface area contributed by atoms with Gasteiger partial charge in [-0.3, -0.25) is 14.5 Å². The van der Waals surface area contributed by atoms with Crippen LogP contribution in [-0.4, -0.2) is 37.2 Å². The van der Waals surface area contributed by atoms with Crippen molar-refractivity contribution in [2.24, 2.45) is 46.8 Å². The van der Waals surface area contributed by atoms with E-state index in [-0.39, 0.29) is 36.0 Å². The molecule has 34 heavy (non-hydrogen) atoms. The SMILES string of the molecule is C[C@]12CC[C@@H]3[C@H]4CC[C@@]5(O)C([C@H]4CC[C@H]3[C@@H]1CC[C@@H]2C(=O)Cn1ncc2ncccc21)C5(F)F. The fraction of sp³-hybridized carbons (Fsp3) is 0.741. The van der Waals surface area contributed by atoms with Gasteiger partial charge in [-0.2, -0.15) is 5.10 Å². The highest BCUT2D eigenvalue weighted by atomic mass is 19.3. The molecule has 1 unspecified atom stereocenters. The van der Waals surface area contributed by atoms with Crippen molar-refractivity contribution in [1.82, 2.24) is 14.8 Å². The van der Waals surface area contributed by atoms with E-state index in [0.29, 0.717) is 23.7 Å². The van der Waals surface area contributed by atoms with Gasteiger partial charge in [0.1, 0.15) is 17.7 Å². The second-order valence-corrected chi connectivity index (χ2v) is 12.3. The molecule has 1 N–H and O–H groups in total. The van der Waals surface area contributed by atoms with E-state index in [9.17, 15) is 18.7 Å². The first-order valence-corrected chi connectivity index (χ1v) is 13.1. The van der Waals surface area contributed by atoms with Gasteiger partial charge in [-0.05, 0) is 98.5 Å². The largest absolute Gasteiger partial charge is 0.383 e. The Labute approximate surface area is 198 Å². The Kier molecular flexibility index (Phi) is 4.32. The van der Waals surface area contributed by atoms with Gasteiger partial charge in [0.05, 0.1) is 17.6 Å². The molecule has 0 amide bonds. The minimum absolute atomic E-state index is 0.00872. The maximum atomic E-state index is 14.5. The van der Waals surface area contributed by atoms with E-state index >= 15 is 0 Å². The molecule has 2 aromatic heterocycles. The highest BCUT2D eigenvalue weighted by Gasteiger charge is 2.84. The van der Waals surface area contributed by atoms with Crippen molar-refractivity contribution < 1.29 is 18.7 Å². The van der Waals surface area contributed by atoms with E-state index in [1.54, 1.807) is 17.1 Å². The number of hydrogen-bond acceptors (Lipinski definition) is 4. The lowest BCUT2D eigenvalue weighted by Crippen LogP contribution is -2.50. The summed E-state index contributed by atoms with van der Waals surface area (Å²) in [6.45, 7) is 2.61. The number of aliphatic hydroxyl groups is 1. The number of fused-ring (bicyclic) bond motifs is 8. The standard InChI is InChI=1S/C27H33F2N3O2/c1-25-10-8-15-16-9-11-26(34)24(27(26,28)29)18(16)5-4-17(15)19(25)6-7-20(25)23(33)14-32-22-3-2-12-30-21(22)13-31-32/h2-3,12-13,15-20,24,34H,4-11,14H2,1H3/t15-,16-,17-,18+,19+,20-,24?,25+,26-/m1/s1. The van der Waals surface area contributed by atoms with Crippen LogP contribution in [0.2, 0.25) is 0 Å². The molecule has 5 saturated carbocycles. The number of alkyl halides is 2. The van der Waals surface area contributed by atoms with Gasteiger partial charge in [-0.15, -0.1) is 0 Å². The summed E-state index contributed by atoms with van der Waals surface area (Å²) in [6.07, 6.45) is 10.3. The Balaban J connectivity index is 1.10. The van der Waals surface area contributed by atoms with E-state index in [4.69, 9.17) is 0 Å². The fourth-order valence-corrected chi connectivity index (χ4v) is 9.65. The maximum absolute atomic E-state index is 14.5. The number of ketones is 1. The Morgan fingerprint density at radius 1 is 1.09 bits per heavy atom. The van der Waals surface area contributed by atoms with Crippen LogP contribution in [0.5, 0.6) is 0 Å². The first kappa shape index (κ1) is 21.4. The van der Waals surface area contributed by atoms with Crippen molar-refractivity contribution in [3.05, 3.63) is 24.5 Å². The van der Waals surface area contributed by atoms with E-state index in [1.165, 1.54) is 0 Å². The average molecular weight is 470 g/mol. The highest BCUT2D eigenvalue weighted by Crippen LogP contribution is 2.73. The number of aromatic nitrogens is 3. The van der Waals surface area contributed by atoms with Crippen LogP contribution < -0.4 is 0 Å². The molecule has 7 rings (SSSR count). The van der Waals surface area contributed by atoms with E-state index in [2.05, 4.69) is 17.0 Å². The predicted octanol–water partition coefficient (Wildman–Crippen LogP) is 4.88. The monoisotopic (exact) mass is 469 g/mol. The molecule has 2 heterocycles. The summed E-state index contributed by atoms with van der Waals surface area (Å²) in [6, 6.07) is 3.83. The third-order valence-corrected chi connectivity index (χ3v) is 11.2. The first-order valence-electron chi connectivity index (χ1n) is 13.1. The lowest BCUT2D eigenvalue weighted by atomic mass is 9.49. The van der Waals surface area contributed by atoms with E-state index in [0.717, 1.165) is 56.0 Å². The number of rotatable bonds is 3. The quantitative estimate of drug-likeness (QED) is 0.696. The summed E-state index contributed by atoms with van der Waals surface area (Å²) in [4.78, 5) is 17.9. The smallest absolute Gasteiger partial charge is 0.282 e. The number of Topliss-reactive ketones (excluding diaryl/α,β-unsaturated/α-hetero) is 1. The maximum Gasteiger partial charge on any atom is 0.282 e. The summed E-state index contributed by atoms with van der Waals surface area (Å²) in [5.41, 5.74) is -0.0256. The molecule has 5 aliphatic carbocycles. The van der Waals surface area contributed by atoms with Gasteiger partial charge in [-0.25, -0.2) is 8.78 Å². The summed E-state index contributed by atoms with van der Waals surface area (Å²) in [5.74, 6) is -1.59. The molecular weight excluding hydrogens is 436 g/mol. The number of nitrogens with zero attached hydrogens (tertiary/aromatic N) is 3. The minimum atomic E-state index is -2.89. The Morgan fingerprint density at radius 2 is 1.85 bits per heavy atom. The van der Waals surface area contributed by atoms with Crippen molar-refractivity contribution in [2.75, 3.05) is 0 Å². The number of pyridine rings is 1. The van der Waals surface area contributed by atoms with Gasteiger partial charge in [0, 0.05) is 12.1 Å². The normalized spacial score (nSPS) is 46.3. The van der Waals surface area contributed by atoms with Gasteiger partial charge < -0.3 is 5.11 Å². The third-order valence-electron chi connectivity index (χ3n) is 11.2. The average Bonchev–Trinajstić information content (AvgIpc) is 3.15. The zero-order valence-corrected chi connectivity index (χ0v) is 19.7. The second-order valence-electron chi connectivity index (χ2n) is 12.3. The molecule has 0 aliphatic heterocycles. The summed E-state index contributed by atoms with van der Waals surface area (Å²) >= 11 is 0. The van der Waals surface area contributed by atoms with Gasteiger partial charge >= 0.3 is 0 Å². The molecule has 7 heteroatoms. The van der Waals surface area contributed by atoms with Crippen molar-refractivity contribution in [3.8, 4) is 0 Å². The van der Waals surface area contributed by atoms with Crippen LogP contribution in [0.25, 0.3) is 11.0 Å². The van der Waals surface area contributed by atoms with E-state index in [1.807, 2.05) is 12.1 Å². The van der Waals surface area contributed by atoms with Crippen LogP contribution >= 0.6 is 0 Å². The van der Waals surface area contributed by atoms with Crippen LogP contribution in [0.15, 0.2) is 24.5 Å². The molecule has 0 spiro atoms. The second kappa shape index (κ2) is 6.86.